The third-order valence-electron chi connectivity index (χ3n) is 7.53. The number of nitrogens with zero attached hydrogens (tertiary/aromatic N) is 2. The Morgan fingerprint density at radius 2 is 1.73 bits per heavy atom. The van der Waals surface area contributed by atoms with Gasteiger partial charge in [0, 0.05) is 38.5 Å². The Kier molecular flexibility index (Phi) is 12.2. The molecule has 1 aliphatic heterocycles. The van der Waals surface area contributed by atoms with Crippen LogP contribution in [0.25, 0.3) is 0 Å². The van der Waals surface area contributed by atoms with Gasteiger partial charge in [-0.25, -0.2) is 0 Å². The molecule has 0 spiro atoms. The Bertz CT molecular complexity index is 1150. The number of nitrogens with two attached hydrogens (primary N) is 1. The predicted octanol–water partition coefficient (Wildman–Crippen LogP) is 3.12. The highest BCUT2D eigenvalue weighted by molar-refractivity contribution is 5.92. The minimum atomic E-state index is -0.832. The number of benzene rings is 2. The number of ether oxygens (including phenoxy) is 1. The monoisotopic (exact) mass is 563 g/mol. The molecule has 3 rings (SSSR count). The van der Waals surface area contributed by atoms with Crippen molar-refractivity contribution in [3.8, 4) is 5.75 Å². The molecule has 0 saturated carbocycles. The van der Waals surface area contributed by atoms with Gasteiger partial charge in [0.15, 0.2) is 0 Å². The highest BCUT2D eigenvalue weighted by Gasteiger charge is 2.34. The van der Waals surface area contributed by atoms with Gasteiger partial charge in [0.2, 0.25) is 23.6 Å². The molecule has 1 radical (unpaired) electrons. The second-order valence-corrected chi connectivity index (χ2v) is 10.6. The Labute approximate surface area is 243 Å². The summed E-state index contributed by atoms with van der Waals surface area (Å²) in [6.45, 7) is 8.11. The highest BCUT2D eigenvalue weighted by Crippen LogP contribution is 2.21. The second kappa shape index (κ2) is 15.8. The van der Waals surface area contributed by atoms with Crippen LogP contribution >= 0.6 is 0 Å². The van der Waals surface area contributed by atoms with Crippen LogP contribution in [0.5, 0.6) is 5.75 Å². The number of primary amides is 1. The van der Waals surface area contributed by atoms with E-state index in [2.05, 4.69) is 5.32 Å². The number of rotatable bonds is 14. The molecular formula is C32H43N4O5. The fourth-order valence-electron chi connectivity index (χ4n) is 4.92. The van der Waals surface area contributed by atoms with Crippen LogP contribution in [-0.2, 0) is 32.2 Å². The number of carbonyl (C=O) groups is 4. The van der Waals surface area contributed by atoms with Gasteiger partial charge in [-0.1, -0.05) is 49.4 Å². The first kappa shape index (κ1) is 31.6. The lowest BCUT2D eigenvalue weighted by molar-refractivity contribution is -0.142. The minimum absolute atomic E-state index is 0.0629. The van der Waals surface area contributed by atoms with Gasteiger partial charge in [0.1, 0.15) is 18.4 Å². The van der Waals surface area contributed by atoms with Gasteiger partial charge in [-0.2, -0.15) is 0 Å². The molecule has 4 amide bonds. The Morgan fingerprint density at radius 1 is 1.05 bits per heavy atom. The maximum Gasteiger partial charge on any atom is 0.245 e. The van der Waals surface area contributed by atoms with E-state index in [-0.39, 0.29) is 30.6 Å². The Morgan fingerprint density at radius 3 is 2.37 bits per heavy atom. The second-order valence-electron chi connectivity index (χ2n) is 10.6. The number of piperidine rings is 1. The van der Waals surface area contributed by atoms with Gasteiger partial charge < -0.3 is 25.6 Å². The molecule has 2 aromatic rings. The van der Waals surface area contributed by atoms with Crippen LogP contribution in [0, 0.1) is 18.3 Å². The Balaban J connectivity index is 1.70. The first-order chi connectivity index (χ1) is 19.7. The van der Waals surface area contributed by atoms with Crippen molar-refractivity contribution in [2.75, 3.05) is 26.2 Å². The van der Waals surface area contributed by atoms with E-state index < -0.39 is 23.8 Å². The van der Waals surface area contributed by atoms with Crippen molar-refractivity contribution in [3.05, 3.63) is 72.1 Å². The van der Waals surface area contributed by atoms with Crippen molar-refractivity contribution in [1.29, 1.82) is 0 Å². The molecule has 9 heteroatoms. The van der Waals surface area contributed by atoms with E-state index in [4.69, 9.17) is 10.5 Å². The van der Waals surface area contributed by atoms with Crippen LogP contribution in [0.15, 0.2) is 54.6 Å². The SMILES string of the molecule is CCN(CC)C(=O)C1CCCN(C(=O)C(Cc2ccc(OCc3ccccc3)cc2)NC(=O)[CH]CC(C)C(N)=O)C1. The van der Waals surface area contributed by atoms with Gasteiger partial charge in [0.05, 0.1) is 12.3 Å². The fourth-order valence-corrected chi connectivity index (χ4v) is 4.92. The molecule has 0 bridgehead atoms. The molecule has 2 aromatic carbocycles. The number of amides is 4. The van der Waals surface area contributed by atoms with Crippen molar-refractivity contribution in [3.63, 3.8) is 0 Å². The quantitative estimate of drug-likeness (QED) is 0.366. The third-order valence-corrected chi connectivity index (χ3v) is 7.53. The summed E-state index contributed by atoms with van der Waals surface area (Å²) >= 11 is 0. The summed E-state index contributed by atoms with van der Waals surface area (Å²) in [7, 11) is 0. The van der Waals surface area contributed by atoms with Crippen molar-refractivity contribution >= 4 is 23.6 Å². The number of likely N-dealkylation sites (tertiary alicyclic amines) is 1. The van der Waals surface area contributed by atoms with Crippen LogP contribution < -0.4 is 15.8 Å². The highest BCUT2D eigenvalue weighted by atomic mass is 16.5. The van der Waals surface area contributed by atoms with Crippen molar-refractivity contribution in [2.24, 2.45) is 17.6 Å². The molecule has 3 unspecified atom stereocenters. The summed E-state index contributed by atoms with van der Waals surface area (Å²) in [6.07, 6.45) is 3.27. The molecule has 1 saturated heterocycles. The summed E-state index contributed by atoms with van der Waals surface area (Å²) < 4.78 is 5.88. The van der Waals surface area contributed by atoms with Crippen LogP contribution in [0.3, 0.4) is 0 Å². The zero-order chi connectivity index (χ0) is 29.8. The standard InChI is InChI=1S/C32H43N4O5/c1-4-35(5-2)31(39)26-12-9-19-36(21-26)32(40)28(34-29(37)18-13-23(3)30(33)38)20-24-14-16-27(17-15-24)41-22-25-10-7-6-8-11-25/h6-8,10-11,14-18,23,26,28H,4-5,9,12-13,19-22H2,1-3H3,(H2,33,38)(H,34,37). The summed E-state index contributed by atoms with van der Waals surface area (Å²) in [6, 6.07) is 16.5. The molecule has 41 heavy (non-hydrogen) atoms. The summed E-state index contributed by atoms with van der Waals surface area (Å²) in [5, 5.41) is 2.84. The fraction of sp³-hybridized carbons (Fsp3) is 0.469. The van der Waals surface area contributed by atoms with Crippen molar-refractivity contribution in [2.45, 2.75) is 59.1 Å². The zero-order valence-electron chi connectivity index (χ0n) is 24.4. The minimum Gasteiger partial charge on any atom is -0.489 e. The van der Waals surface area contributed by atoms with E-state index >= 15 is 0 Å². The number of carbonyl (C=O) groups excluding carboxylic acids is 4. The van der Waals surface area contributed by atoms with E-state index in [1.165, 1.54) is 6.42 Å². The van der Waals surface area contributed by atoms with Crippen molar-refractivity contribution in [1.82, 2.24) is 15.1 Å². The van der Waals surface area contributed by atoms with E-state index in [9.17, 15) is 19.2 Å². The zero-order valence-corrected chi connectivity index (χ0v) is 24.4. The maximum absolute atomic E-state index is 13.8. The van der Waals surface area contributed by atoms with Gasteiger partial charge in [-0.15, -0.1) is 0 Å². The van der Waals surface area contributed by atoms with Crippen LogP contribution in [0.1, 0.15) is 51.2 Å². The van der Waals surface area contributed by atoms with Crippen LogP contribution in [-0.4, -0.2) is 65.6 Å². The van der Waals surface area contributed by atoms with E-state index in [1.54, 1.807) is 16.7 Å². The predicted molar refractivity (Wildman–Crippen MR) is 157 cm³/mol. The molecule has 0 aromatic heterocycles. The Hall–Kier alpha value is -3.88. The van der Waals surface area contributed by atoms with Gasteiger partial charge in [-0.3, -0.25) is 19.2 Å². The summed E-state index contributed by atoms with van der Waals surface area (Å²) in [4.78, 5) is 54.5. The molecule has 0 aliphatic carbocycles. The number of hydrogen-bond donors (Lipinski definition) is 2. The van der Waals surface area contributed by atoms with Crippen molar-refractivity contribution < 1.29 is 23.9 Å². The molecule has 1 aliphatic rings. The molecule has 221 valence electrons. The van der Waals surface area contributed by atoms with E-state index in [0.29, 0.717) is 38.5 Å². The lowest BCUT2D eigenvalue weighted by Crippen LogP contribution is -2.54. The summed E-state index contributed by atoms with van der Waals surface area (Å²) in [5.41, 5.74) is 7.24. The largest absolute Gasteiger partial charge is 0.489 e. The topological polar surface area (TPSA) is 122 Å². The lowest BCUT2D eigenvalue weighted by atomic mass is 9.95. The smallest absolute Gasteiger partial charge is 0.245 e. The van der Waals surface area contributed by atoms with Crippen LogP contribution in [0.4, 0.5) is 0 Å². The molecule has 3 N–H and O–H groups in total. The van der Waals surface area contributed by atoms with Gasteiger partial charge in [-0.05, 0) is 56.4 Å². The normalized spacial score (nSPS) is 16.4. The molecule has 1 heterocycles. The first-order valence-corrected chi connectivity index (χ1v) is 14.5. The van der Waals surface area contributed by atoms with Gasteiger partial charge >= 0.3 is 0 Å². The van der Waals surface area contributed by atoms with E-state index in [0.717, 1.165) is 24.0 Å². The number of hydrogen-bond acceptors (Lipinski definition) is 5. The van der Waals surface area contributed by atoms with Crippen LogP contribution in [0.2, 0.25) is 0 Å². The molecule has 1 fully saturated rings. The third kappa shape index (κ3) is 9.62. The maximum atomic E-state index is 13.8. The van der Waals surface area contributed by atoms with E-state index in [1.807, 2.05) is 68.4 Å². The average Bonchev–Trinajstić information content (AvgIpc) is 2.99. The molecule has 3 atom stereocenters. The molecular weight excluding hydrogens is 520 g/mol. The van der Waals surface area contributed by atoms with Gasteiger partial charge in [0.25, 0.3) is 0 Å². The summed E-state index contributed by atoms with van der Waals surface area (Å²) in [5.74, 6) is -1.14. The lowest BCUT2D eigenvalue weighted by Gasteiger charge is -2.36. The average molecular weight is 564 g/mol. The number of nitrogens with one attached hydrogen (secondary N) is 1. The molecule has 9 nitrogen and oxygen atoms in total. The first-order valence-electron chi connectivity index (χ1n) is 14.5.